The molecule has 0 saturated heterocycles. The van der Waals surface area contributed by atoms with Crippen molar-refractivity contribution >= 4 is 54.4 Å². The highest BCUT2D eigenvalue weighted by Gasteiger charge is 2.23. The SMILES string of the molecule is Fc1cc(-c2nc(-c3cc(F)c(-c4cc5cccnc5c5ncccc45)c(F)c3)nc(-c3ccc4ccccc4c3)n2)cc(F)c1-c1cc2cccnc2c2ncccc12. The van der Waals surface area contributed by atoms with Gasteiger partial charge in [-0.25, -0.2) is 32.5 Å². The smallest absolute Gasteiger partial charge is 0.164 e. The van der Waals surface area contributed by atoms with Gasteiger partial charge in [0.2, 0.25) is 0 Å². The molecule has 0 saturated carbocycles. The van der Waals surface area contributed by atoms with Crippen molar-refractivity contribution in [1.29, 1.82) is 0 Å². The predicted octanol–water partition coefficient (Wildman–Crippen LogP) is 12.1. The molecule has 60 heavy (non-hydrogen) atoms. The van der Waals surface area contributed by atoms with Crippen LogP contribution in [0.1, 0.15) is 0 Å². The second-order valence-electron chi connectivity index (χ2n) is 14.3. The van der Waals surface area contributed by atoms with Crippen molar-refractivity contribution in [2.24, 2.45) is 0 Å². The maximum Gasteiger partial charge on any atom is 0.164 e. The summed E-state index contributed by atoms with van der Waals surface area (Å²) in [4.78, 5) is 31.8. The monoisotopic (exact) mass is 787 g/mol. The van der Waals surface area contributed by atoms with Gasteiger partial charge in [0.15, 0.2) is 17.5 Å². The summed E-state index contributed by atoms with van der Waals surface area (Å²) in [6.07, 6.45) is 6.49. The van der Waals surface area contributed by atoms with Gasteiger partial charge in [-0.05, 0) is 88.6 Å². The maximum absolute atomic E-state index is 16.5. The van der Waals surface area contributed by atoms with Gasteiger partial charge in [-0.15, -0.1) is 0 Å². The second kappa shape index (κ2) is 13.8. The van der Waals surface area contributed by atoms with Crippen LogP contribution in [-0.2, 0) is 0 Å². The summed E-state index contributed by atoms with van der Waals surface area (Å²) in [6.45, 7) is 0. The Balaban J connectivity index is 1.09. The highest BCUT2D eigenvalue weighted by Crippen LogP contribution is 2.40. The standard InChI is InChI=1S/C49H25F4N7/c50-37-22-31(23-38(51)41(37)35-20-28-9-3-15-54-43(28)45-33(35)11-5-17-56-45)48-58-47(30-14-13-26-7-1-2-8-27(26)19-30)59-49(60-48)32-24-39(52)42(40(53)25-32)36-21-29-10-4-16-55-44(29)46-34(36)12-6-18-57-46/h1-25H. The van der Waals surface area contributed by atoms with E-state index in [1.807, 2.05) is 48.5 Å². The number of rotatable bonds is 5. The number of fused-ring (bicyclic) bond motifs is 7. The van der Waals surface area contributed by atoms with E-state index in [1.54, 1.807) is 79.4 Å². The van der Waals surface area contributed by atoms with Crippen LogP contribution in [0.4, 0.5) is 17.6 Å². The van der Waals surface area contributed by atoms with Crippen LogP contribution in [0.15, 0.2) is 152 Å². The summed E-state index contributed by atoms with van der Waals surface area (Å²) >= 11 is 0. The summed E-state index contributed by atoms with van der Waals surface area (Å²) in [6, 6.07) is 35.2. The van der Waals surface area contributed by atoms with Crippen molar-refractivity contribution in [2.75, 3.05) is 0 Å². The summed E-state index contributed by atoms with van der Waals surface area (Å²) in [7, 11) is 0. The molecule has 0 spiro atoms. The molecule has 11 heteroatoms. The molecule has 0 fully saturated rings. The Labute approximate surface area is 337 Å². The molecule has 0 amide bonds. The molecule has 6 aromatic carbocycles. The summed E-state index contributed by atoms with van der Waals surface area (Å²) < 4.78 is 66.0. The first kappa shape index (κ1) is 35.1. The van der Waals surface area contributed by atoms with Crippen LogP contribution in [0.25, 0.3) is 111 Å². The number of benzene rings is 6. The van der Waals surface area contributed by atoms with Crippen LogP contribution in [0.2, 0.25) is 0 Å². The van der Waals surface area contributed by atoms with E-state index in [-0.39, 0.29) is 39.7 Å². The molecule has 0 radical (unpaired) electrons. The van der Waals surface area contributed by atoms with Gasteiger partial charge >= 0.3 is 0 Å². The van der Waals surface area contributed by atoms with Crippen molar-refractivity contribution in [3.63, 3.8) is 0 Å². The first-order valence-electron chi connectivity index (χ1n) is 18.9. The second-order valence-corrected chi connectivity index (χ2v) is 14.3. The molecule has 11 rings (SSSR count). The minimum absolute atomic E-state index is 0.00867. The van der Waals surface area contributed by atoms with E-state index >= 15 is 17.6 Å². The molecule has 284 valence electrons. The third-order valence-corrected chi connectivity index (χ3v) is 10.7. The molecule has 0 unspecified atom stereocenters. The number of halogens is 4. The van der Waals surface area contributed by atoms with Crippen molar-refractivity contribution in [3.8, 4) is 56.4 Å². The molecule has 7 nitrogen and oxygen atoms in total. The molecular formula is C49H25F4N7. The van der Waals surface area contributed by atoms with Gasteiger partial charge in [0.1, 0.15) is 23.3 Å². The fraction of sp³-hybridized carbons (Fsp3) is 0. The van der Waals surface area contributed by atoms with Gasteiger partial charge < -0.3 is 0 Å². The highest BCUT2D eigenvalue weighted by molar-refractivity contribution is 6.11. The van der Waals surface area contributed by atoms with Crippen LogP contribution in [0.3, 0.4) is 0 Å². The van der Waals surface area contributed by atoms with Gasteiger partial charge in [0, 0.05) is 63.0 Å². The van der Waals surface area contributed by atoms with E-state index in [2.05, 4.69) is 34.9 Å². The molecule has 0 N–H and O–H groups in total. The lowest BCUT2D eigenvalue weighted by Crippen LogP contribution is -2.03. The largest absolute Gasteiger partial charge is 0.254 e. The van der Waals surface area contributed by atoms with Crippen molar-refractivity contribution in [3.05, 3.63) is 175 Å². The van der Waals surface area contributed by atoms with E-state index in [9.17, 15) is 0 Å². The van der Waals surface area contributed by atoms with Crippen molar-refractivity contribution in [1.82, 2.24) is 34.9 Å². The topological polar surface area (TPSA) is 90.2 Å². The Hall–Kier alpha value is -8.05. The summed E-state index contributed by atoms with van der Waals surface area (Å²) in [5.74, 6) is -3.57. The Morgan fingerprint density at radius 3 is 1.20 bits per heavy atom. The van der Waals surface area contributed by atoms with E-state index < -0.39 is 23.3 Å². The minimum Gasteiger partial charge on any atom is -0.254 e. The molecule has 5 aromatic heterocycles. The fourth-order valence-electron chi connectivity index (χ4n) is 7.98. The van der Waals surface area contributed by atoms with E-state index in [0.29, 0.717) is 60.3 Å². The molecule has 0 atom stereocenters. The van der Waals surface area contributed by atoms with E-state index in [4.69, 9.17) is 0 Å². The van der Waals surface area contributed by atoms with Gasteiger partial charge in [0.05, 0.1) is 33.2 Å². The normalized spacial score (nSPS) is 11.7. The Morgan fingerprint density at radius 1 is 0.317 bits per heavy atom. The summed E-state index contributed by atoms with van der Waals surface area (Å²) in [5.41, 5.74) is 2.82. The van der Waals surface area contributed by atoms with Gasteiger partial charge in [-0.2, -0.15) is 0 Å². The van der Waals surface area contributed by atoms with Crippen LogP contribution in [-0.4, -0.2) is 34.9 Å². The average Bonchev–Trinajstić information content (AvgIpc) is 3.28. The zero-order chi connectivity index (χ0) is 40.5. The molecule has 11 aromatic rings. The Kier molecular flexibility index (Phi) is 8.09. The number of hydrogen-bond donors (Lipinski definition) is 0. The fourth-order valence-corrected chi connectivity index (χ4v) is 7.98. The molecular weight excluding hydrogens is 763 g/mol. The molecule has 5 heterocycles. The van der Waals surface area contributed by atoms with E-state index in [1.165, 1.54) is 0 Å². The van der Waals surface area contributed by atoms with Crippen LogP contribution >= 0.6 is 0 Å². The molecule has 0 aliphatic rings. The number of aromatic nitrogens is 7. The Bertz CT molecular complexity index is 3340. The average molecular weight is 788 g/mol. The van der Waals surface area contributed by atoms with E-state index in [0.717, 1.165) is 35.0 Å². The molecule has 0 bridgehead atoms. The minimum atomic E-state index is -0.874. The zero-order valence-corrected chi connectivity index (χ0v) is 31.1. The van der Waals surface area contributed by atoms with Crippen LogP contribution in [0.5, 0.6) is 0 Å². The number of hydrogen-bond acceptors (Lipinski definition) is 7. The van der Waals surface area contributed by atoms with Crippen LogP contribution < -0.4 is 0 Å². The zero-order valence-electron chi connectivity index (χ0n) is 31.1. The lowest BCUT2D eigenvalue weighted by Gasteiger charge is -2.14. The number of pyridine rings is 4. The maximum atomic E-state index is 16.5. The third-order valence-electron chi connectivity index (χ3n) is 10.7. The van der Waals surface area contributed by atoms with Gasteiger partial charge in [-0.1, -0.05) is 60.7 Å². The van der Waals surface area contributed by atoms with Gasteiger partial charge in [-0.3, -0.25) is 19.9 Å². The molecule has 0 aliphatic heterocycles. The highest BCUT2D eigenvalue weighted by atomic mass is 19.1. The first-order valence-corrected chi connectivity index (χ1v) is 18.9. The molecule has 0 aliphatic carbocycles. The predicted molar refractivity (Wildman–Crippen MR) is 226 cm³/mol. The first-order chi connectivity index (χ1) is 29.4. The van der Waals surface area contributed by atoms with Gasteiger partial charge in [0.25, 0.3) is 0 Å². The lowest BCUT2D eigenvalue weighted by molar-refractivity contribution is 0.590. The van der Waals surface area contributed by atoms with Crippen molar-refractivity contribution < 1.29 is 17.6 Å². The quantitative estimate of drug-likeness (QED) is 0.127. The Morgan fingerprint density at radius 2 is 0.717 bits per heavy atom. The van der Waals surface area contributed by atoms with Crippen molar-refractivity contribution in [2.45, 2.75) is 0 Å². The third kappa shape index (κ3) is 5.78. The lowest BCUT2D eigenvalue weighted by atomic mass is 9.95. The summed E-state index contributed by atoms with van der Waals surface area (Å²) in [5, 5.41) is 4.23. The van der Waals surface area contributed by atoms with Crippen LogP contribution in [0, 0.1) is 23.3 Å². The number of nitrogens with zero attached hydrogens (tertiary/aromatic N) is 7.